The van der Waals surface area contributed by atoms with Crippen LogP contribution >= 0.6 is 0 Å². The van der Waals surface area contributed by atoms with Crippen molar-refractivity contribution in [1.29, 1.82) is 0 Å². The third kappa shape index (κ3) is 3.36. The molecule has 0 bridgehead atoms. The number of amides is 2. The number of anilines is 1. The van der Waals surface area contributed by atoms with Crippen LogP contribution in [0.15, 0.2) is 24.3 Å². The summed E-state index contributed by atoms with van der Waals surface area (Å²) in [4.78, 5) is 37.5. The molecule has 1 aliphatic heterocycles. The maximum absolute atomic E-state index is 12.7. The number of fused-ring (bicyclic) bond motifs is 1. The summed E-state index contributed by atoms with van der Waals surface area (Å²) < 4.78 is 0. The summed E-state index contributed by atoms with van der Waals surface area (Å²) in [6.45, 7) is 7.01. The Morgan fingerprint density at radius 1 is 1.26 bits per heavy atom. The van der Waals surface area contributed by atoms with Crippen molar-refractivity contribution in [3.63, 3.8) is 0 Å². The predicted molar refractivity (Wildman–Crippen MR) is 86.2 cm³/mol. The zero-order valence-electron chi connectivity index (χ0n) is 13.8. The molecule has 1 aromatic rings. The average molecular weight is 318 g/mol. The van der Waals surface area contributed by atoms with Crippen LogP contribution < -0.4 is 10.2 Å². The molecule has 6 heteroatoms. The molecule has 1 aliphatic rings. The summed E-state index contributed by atoms with van der Waals surface area (Å²) >= 11 is 0. The first-order valence-electron chi connectivity index (χ1n) is 7.57. The molecule has 2 atom stereocenters. The Hall–Kier alpha value is -2.37. The minimum atomic E-state index is -0.959. The van der Waals surface area contributed by atoms with E-state index in [2.05, 4.69) is 5.32 Å². The highest BCUT2D eigenvalue weighted by Gasteiger charge is 2.38. The number of carbonyl (C=O) groups excluding carboxylic acids is 2. The molecule has 1 heterocycles. The van der Waals surface area contributed by atoms with E-state index < -0.39 is 23.3 Å². The first kappa shape index (κ1) is 17.0. The number of para-hydroxylation sites is 1. The van der Waals surface area contributed by atoms with Gasteiger partial charge in [-0.05, 0) is 18.6 Å². The largest absolute Gasteiger partial charge is 0.481 e. The topological polar surface area (TPSA) is 86.7 Å². The lowest BCUT2D eigenvalue weighted by Crippen LogP contribution is -2.49. The van der Waals surface area contributed by atoms with E-state index in [-0.39, 0.29) is 18.4 Å². The fourth-order valence-electron chi connectivity index (χ4n) is 2.54. The molecule has 2 rings (SSSR count). The molecule has 0 radical (unpaired) electrons. The van der Waals surface area contributed by atoms with Gasteiger partial charge in [-0.2, -0.15) is 0 Å². The van der Waals surface area contributed by atoms with E-state index in [1.54, 1.807) is 52.0 Å². The van der Waals surface area contributed by atoms with Crippen LogP contribution in [0.2, 0.25) is 0 Å². The molecule has 2 N–H and O–H groups in total. The van der Waals surface area contributed by atoms with E-state index in [1.807, 2.05) is 0 Å². The van der Waals surface area contributed by atoms with Crippen molar-refractivity contribution in [2.75, 3.05) is 11.4 Å². The number of carbonyl (C=O) groups is 3. The zero-order chi connectivity index (χ0) is 17.4. The highest BCUT2D eigenvalue weighted by molar-refractivity contribution is 6.03. The summed E-state index contributed by atoms with van der Waals surface area (Å²) in [5, 5.41) is 12.0. The second-order valence-corrected chi connectivity index (χ2v) is 6.84. The van der Waals surface area contributed by atoms with E-state index in [9.17, 15) is 19.5 Å². The van der Waals surface area contributed by atoms with E-state index in [0.29, 0.717) is 11.3 Å². The molecule has 0 fully saturated rings. The lowest BCUT2D eigenvalue weighted by atomic mass is 9.95. The monoisotopic (exact) mass is 318 g/mol. The van der Waals surface area contributed by atoms with Gasteiger partial charge < -0.3 is 15.3 Å². The van der Waals surface area contributed by atoms with Crippen molar-refractivity contribution in [1.82, 2.24) is 5.32 Å². The van der Waals surface area contributed by atoms with Crippen LogP contribution in [0.4, 0.5) is 5.69 Å². The van der Waals surface area contributed by atoms with E-state index in [0.717, 1.165) is 0 Å². The molecule has 124 valence electrons. The molecule has 0 aliphatic carbocycles. The minimum absolute atomic E-state index is 0.0865. The van der Waals surface area contributed by atoms with E-state index >= 15 is 0 Å². The zero-order valence-corrected chi connectivity index (χ0v) is 13.8. The van der Waals surface area contributed by atoms with Crippen molar-refractivity contribution in [3.8, 4) is 0 Å². The van der Waals surface area contributed by atoms with Gasteiger partial charge in [-0.15, -0.1) is 0 Å². The number of hydrogen-bond acceptors (Lipinski definition) is 3. The van der Waals surface area contributed by atoms with E-state index in [1.165, 1.54) is 4.90 Å². The molecule has 0 saturated heterocycles. The molecule has 0 spiro atoms. The molecule has 0 saturated carbocycles. The number of carboxylic acids is 1. The Labute approximate surface area is 135 Å². The number of nitrogens with zero attached hydrogens (tertiary/aromatic N) is 1. The number of benzene rings is 1. The van der Waals surface area contributed by atoms with Gasteiger partial charge in [0.2, 0.25) is 11.8 Å². The van der Waals surface area contributed by atoms with Crippen molar-refractivity contribution in [3.05, 3.63) is 29.8 Å². The quantitative estimate of drug-likeness (QED) is 0.889. The standard InChI is InChI=1S/C17H22N2O4/c1-10(18-16(23)17(2,3)4)14(20)19-9-12(15(21)22)11-7-5-6-8-13(11)19/h5-8,10,12H,9H2,1-4H3,(H,18,23)(H,21,22). The fourth-order valence-corrected chi connectivity index (χ4v) is 2.54. The molecule has 2 amide bonds. The van der Waals surface area contributed by atoms with Crippen LogP contribution in [-0.4, -0.2) is 35.5 Å². The predicted octanol–water partition coefficient (Wildman–Crippen LogP) is 1.75. The maximum atomic E-state index is 12.7. The number of hydrogen-bond donors (Lipinski definition) is 2. The van der Waals surface area contributed by atoms with Crippen LogP contribution in [0.5, 0.6) is 0 Å². The second kappa shape index (κ2) is 6.02. The van der Waals surface area contributed by atoms with Gasteiger partial charge in [0.1, 0.15) is 12.0 Å². The van der Waals surface area contributed by atoms with Gasteiger partial charge in [-0.1, -0.05) is 39.0 Å². The SMILES string of the molecule is CC(NC(=O)C(C)(C)C)C(=O)N1CC(C(=O)O)c2ccccc21. The highest BCUT2D eigenvalue weighted by atomic mass is 16.4. The average Bonchev–Trinajstić information content (AvgIpc) is 2.85. The summed E-state index contributed by atoms with van der Waals surface area (Å²) in [6, 6.07) is 6.26. The van der Waals surface area contributed by atoms with Gasteiger partial charge in [-0.25, -0.2) is 0 Å². The van der Waals surface area contributed by atoms with Gasteiger partial charge in [0.25, 0.3) is 0 Å². The summed E-state index contributed by atoms with van der Waals surface area (Å²) in [6.07, 6.45) is 0. The van der Waals surface area contributed by atoms with Crippen molar-refractivity contribution >= 4 is 23.5 Å². The van der Waals surface area contributed by atoms with Crippen LogP contribution in [-0.2, 0) is 14.4 Å². The van der Waals surface area contributed by atoms with Crippen molar-refractivity contribution in [2.24, 2.45) is 5.41 Å². The molecule has 1 aromatic carbocycles. The molecule has 6 nitrogen and oxygen atoms in total. The Bertz CT molecular complexity index is 648. The van der Waals surface area contributed by atoms with Crippen LogP contribution in [0, 0.1) is 5.41 Å². The Balaban J connectivity index is 2.21. The van der Waals surface area contributed by atoms with Crippen LogP contribution in [0.1, 0.15) is 39.2 Å². The molecule has 0 aromatic heterocycles. The number of carboxylic acid groups (broad SMARTS) is 1. The second-order valence-electron chi connectivity index (χ2n) is 6.84. The third-order valence-corrected chi connectivity index (χ3v) is 3.93. The molecule has 23 heavy (non-hydrogen) atoms. The fraction of sp³-hybridized carbons (Fsp3) is 0.471. The minimum Gasteiger partial charge on any atom is -0.481 e. The van der Waals surface area contributed by atoms with Gasteiger partial charge in [0, 0.05) is 17.6 Å². The highest BCUT2D eigenvalue weighted by Crippen LogP contribution is 2.36. The first-order chi connectivity index (χ1) is 10.6. The molecule has 2 unspecified atom stereocenters. The van der Waals surface area contributed by atoms with E-state index in [4.69, 9.17) is 0 Å². The summed E-state index contributed by atoms with van der Waals surface area (Å²) in [7, 11) is 0. The van der Waals surface area contributed by atoms with Gasteiger partial charge >= 0.3 is 5.97 Å². The maximum Gasteiger partial charge on any atom is 0.312 e. The van der Waals surface area contributed by atoms with Gasteiger partial charge in [0.15, 0.2) is 0 Å². The third-order valence-electron chi connectivity index (χ3n) is 3.93. The smallest absolute Gasteiger partial charge is 0.312 e. The van der Waals surface area contributed by atoms with Crippen LogP contribution in [0.25, 0.3) is 0 Å². The number of nitrogens with one attached hydrogen (secondary N) is 1. The number of rotatable bonds is 3. The Kier molecular flexibility index (Phi) is 4.45. The van der Waals surface area contributed by atoms with Crippen molar-refractivity contribution < 1.29 is 19.5 Å². The Morgan fingerprint density at radius 3 is 2.43 bits per heavy atom. The Morgan fingerprint density at radius 2 is 1.87 bits per heavy atom. The summed E-state index contributed by atoms with van der Waals surface area (Å²) in [5.41, 5.74) is 0.630. The normalized spacial score (nSPS) is 18.3. The van der Waals surface area contributed by atoms with Gasteiger partial charge in [-0.3, -0.25) is 14.4 Å². The molecular formula is C17H22N2O4. The van der Waals surface area contributed by atoms with Gasteiger partial charge in [0.05, 0.1) is 0 Å². The summed E-state index contributed by atoms with van der Waals surface area (Å²) in [5.74, 6) is -2.22. The lowest BCUT2D eigenvalue weighted by molar-refractivity contribution is -0.138. The van der Waals surface area contributed by atoms with Crippen LogP contribution in [0.3, 0.4) is 0 Å². The van der Waals surface area contributed by atoms with Crippen molar-refractivity contribution in [2.45, 2.75) is 39.7 Å². The number of aliphatic carboxylic acids is 1. The molecular weight excluding hydrogens is 296 g/mol. The first-order valence-corrected chi connectivity index (χ1v) is 7.57. The lowest BCUT2D eigenvalue weighted by Gasteiger charge is -2.25.